The van der Waals surface area contributed by atoms with Crippen LogP contribution in [0.2, 0.25) is 0 Å². The number of rotatable bonds is 5. The van der Waals surface area contributed by atoms with Crippen LogP contribution in [0.3, 0.4) is 0 Å². The van der Waals surface area contributed by atoms with Crippen LogP contribution >= 0.6 is 11.3 Å². The maximum atomic E-state index is 13.8. The van der Waals surface area contributed by atoms with Gasteiger partial charge in [0, 0.05) is 6.42 Å². The molecular formula is C28H23F3N4S. The van der Waals surface area contributed by atoms with Crippen molar-refractivity contribution in [2.75, 3.05) is 5.01 Å². The highest BCUT2D eigenvalue weighted by Gasteiger charge is 2.37. The minimum absolute atomic E-state index is 0.0687. The standard InChI is InChI=1S/C28H23F3N4S/c1-18-8-3-5-10-20(18)13-14-21-16-24(22-11-6-4-9-19(22)2)35(34-21)27-32-23(25-12-7-15-36-25)17-26(33-27)28(29,30)31/h3-15,17,24H,16H2,1-2H3/b14-13+/t24-/m0/s1. The second-order valence-electron chi connectivity index (χ2n) is 8.62. The molecule has 0 aliphatic carbocycles. The zero-order valence-corrected chi connectivity index (χ0v) is 20.5. The van der Waals surface area contributed by atoms with Crippen molar-refractivity contribution in [3.8, 4) is 10.6 Å². The second kappa shape index (κ2) is 9.70. The molecule has 182 valence electrons. The van der Waals surface area contributed by atoms with Crippen LogP contribution in [0.25, 0.3) is 16.6 Å². The molecule has 3 heterocycles. The Kier molecular flexibility index (Phi) is 6.45. The van der Waals surface area contributed by atoms with Crippen LogP contribution in [0.5, 0.6) is 0 Å². The Hall–Kier alpha value is -3.78. The van der Waals surface area contributed by atoms with Crippen LogP contribution in [0.15, 0.2) is 83.3 Å². The van der Waals surface area contributed by atoms with Gasteiger partial charge in [0.05, 0.1) is 22.3 Å². The summed E-state index contributed by atoms with van der Waals surface area (Å²) in [5.41, 5.74) is 4.16. The van der Waals surface area contributed by atoms with Crippen molar-refractivity contribution >= 4 is 29.1 Å². The molecular weight excluding hydrogens is 481 g/mol. The average Bonchev–Trinajstić information content (AvgIpc) is 3.54. The van der Waals surface area contributed by atoms with Gasteiger partial charge in [-0.15, -0.1) is 11.3 Å². The summed E-state index contributed by atoms with van der Waals surface area (Å²) in [4.78, 5) is 9.11. The number of benzene rings is 2. The molecule has 0 amide bonds. The summed E-state index contributed by atoms with van der Waals surface area (Å²) in [6.07, 6.45) is -0.196. The van der Waals surface area contributed by atoms with Crippen LogP contribution in [-0.2, 0) is 6.18 Å². The fourth-order valence-electron chi connectivity index (χ4n) is 4.21. The van der Waals surface area contributed by atoms with Gasteiger partial charge < -0.3 is 0 Å². The lowest BCUT2D eigenvalue weighted by atomic mass is 9.97. The number of hydrogen-bond donors (Lipinski definition) is 0. The van der Waals surface area contributed by atoms with Gasteiger partial charge in [0.15, 0.2) is 5.69 Å². The van der Waals surface area contributed by atoms with E-state index in [1.165, 1.54) is 16.3 Å². The van der Waals surface area contributed by atoms with Crippen LogP contribution in [0.1, 0.15) is 40.4 Å². The number of thiophene rings is 1. The largest absolute Gasteiger partial charge is 0.433 e. The first-order valence-electron chi connectivity index (χ1n) is 11.5. The number of aromatic nitrogens is 2. The van der Waals surface area contributed by atoms with E-state index in [4.69, 9.17) is 5.10 Å². The summed E-state index contributed by atoms with van der Waals surface area (Å²) in [5, 5.41) is 8.06. The Balaban J connectivity index is 1.61. The minimum Gasteiger partial charge on any atom is -0.223 e. The van der Waals surface area contributed by atoms with E-state index in [2.05, 4.69) is 9.97 Å². The summed E-state index contributed by atoms with van der Waals surface area (Å²) >= 11 is 1.33. The normalized spacial score (nSPS) is 16.1. The smallest absolute Gasteiger partial charge is 0.223 e. The molecule has 5 rings (SSSR count). The number of aryl methyl sites for hydroxylation is 2. The molecule has 0 spiro atoms. The van der Waals surface area contributed by atoms with Gasteiger partial charge in [-0.25, -0.2) is 15.0 Å². The monoisotopic (exact) mass is 504 g/mol. The number of alkyl halides is 3. The Bertz CT molecular complexity index is 1440. The molecule has 36 heavy (non-hydrogen) atoms. The molecule has 0 unspecified atom stereocenters. The van der Waals surface area contributed by atoms with Gasteiger partial charge in [-0.2, -0.15) is 18.3 Å². The molecule has 8 heteroatoms. The van der Waals surface area contributed by atoms with Crippen molar-refractivity contribution < 1.29 is 13.2 Å². The Morgan fingerprint density at radius 1 is 0.917 bits per heavy atom. The molecule has 4 nitrogen and oxygen atoms in total. The fourth-order valence-corrected chi connectivity index (χ4v) is 4.90. The van der Waals surface area contributed by atoms with Crippen LogP contribution in [0.4, 0.5) is 19.1 Å². The van der Waals surface area contributed by atoms with Crippen molar-refractivity contribution in [3.05, 3.63) is 106 Å². The van der Waals surface area contributed by atoms with Crippen molar-refractivity contribution in [1.29, 1.82) is 0 Å². The summed E-state index contributed by atoms with van der Waals surface area (Å²) in [6.45, 7) is 4.01. The van der Waals surface area contributed by atoms with Crippen molar-refractivity contribution in [2.45, 2.75) is 32.5 Å². The molecule has 0 radical (unpaired) electrons. The zero-order valence-electron chi connectivity index (χ0n) is 19.7. The van der Waals surface area contributed by atoms with Crippen LogP contribution < -0.4 is 5.01 Å². The van der Waals surface area contributed by atoms with Crippen molar-refractivity contribution in [2.24, 2.45) is 5.10 Å². The number of hydrogen-bond acceptors (Lipinski definition) is 5. The van der Waals surface area contributed by atoms with Crippen molar-refractivity contribution in [1.82, 2.24) is 9.97 Å². The van der Waals surface area contributed by atoms with E-state index >= 15 is 0 Å². The Morgan fingerprint density at radius 3 is 2.36 bits per heavy atom. The van der Waals surface area contributed by atoms with Gasteiger partial charge in [0.1, 0.15) is 0 Å². The first-order valence-corrected chi connectivity index (χ1v) is 12.3. The van der Waals surface area contributed by atoms with Gasteiger partial charge >= 0.3 is 6.18 Å². The molecule has 0 saturated heterocycles. The maximum absolute atomic E-state index is 13.8. The zero-order chi connectivity index (χ0) is 25.3. The lowest BCUT2D eigenvalue weighted by Gasteiger charge is -2.24. The molecule has 2 aromatic carbocycles. The molecule has 1 aliphatic heterocycles. The maximum Gasteiger partial charge on any atom is 0.433 e. The summed E-state index contributed by atoms with van der Waals surface area (Å²) < 4.78 is 41.5. The van der Waals surface area contributed by atoms with Crippen LogP contribution in [0, 0.1) is 13.8 Å². The Labute approximate surface area is 211 Å². The minimum atomic E-state index is -4.61. The molecule has 0 fully saturated rings. The number of anilines is 1. The van der Waals surface area contributed by atoms with E-state index < -0.39 is 11.9 Å². The van der Waals surface area contributed by atoms with E-state index in [1.807, 2.05) is 79.9 Å². The third-order valence-electron chi connectivity index (χ3n) is 6.11. The summed E-state index contributed by atoms with van der Waals surface area (Å²) in [7, 11) is 0. The molecule has 0 N–H and O–H groups in total. The highest BCUT2D eigenvalue weighted by molar-refractivity contribution is 7.13. The predicted octanol–water partition coefficient (Wildman–Crippen LogP) is 7.86. The third-order valence-corrected chi connectivity index (χ3v) is 7.00. The number of hydrazone groups is 1. The fraction of sp³-hybridized carbons (Fsp3) is 0.179. The second-order valence-corrected chi connectivity index (χ2v) is 9.56. The van der Waals surface area contributed by atoms with Crippen molar-refractivity contribution in [3.63, 3.8) is 0 Å². The molecule has 4 aromatic rings. The summed E-state index contributed by atoms with van der Waals surface area (Å²) in [6, 6.07) is 20.0. The topological polar surface area (TPSA) is 41.4 Å². The van der Waals surface area contributed by atoms with E-state index in [1.54, 1.807) is 12.1 Å². The van der Waals surface area contributed by atoms with E-state index in [-0.39, 0.29) is 17.7 Å². The van der Waals surface area contributed by atoms with E-state index in [0.29, 0.717) is 11.3 Å². The lowest BCUT2D eigenvalue weighted by Crippen LogP contribution is -2.23. The number of nitrogens with zero attached hydrogens (tertiary/aromatic N) is 4. The van der Waals surface area contributed by atoms with Gasteiger partial charge in [-0.05, 0) is 59.7 Å². The first-order chi connectivity index (χ1) is 17.3. The third kappa shape index (κ3) is 4.95. The average molecular weight is 505 g/mol. The number of halogens is 3. The lowest BCUT2D eigenvalue weighted by molar-refractivity contribution is -0.141. The molecule has 1 atom stereocenters. The van der Waals surface area contributed by atoms with Gasteiger partial charge in [0.2, 0.25) is 5.95 Å². The summed E-state index contributed by atoms with van der Waals surface area (Å²) in [5.74, 6) is -0.0687. The molecule has 2 aromatic heterocycles. The van der Waals surface area contributed by atoms with Crippen LogP contribution in [-0.4, -0.2) is 15.7 Å². The number of allylic oxidation sites excluding steroid dienone is 1. The van der Waals surface area contributed by atoms with Gasteiger partial charge in [0.25, 0.3) is 0 Å². The predicted molar refractivity (Wildman–Crippen MR) is 139 cm³/mol. The van der Waals surface area contributed by atoms with E-state index in [0.717, 1.165) is 34.0 Å². The highest BCUT2D eigenvalue weighted by Crippen LogP contribution is 2.39. The Morgan fingerprint density at radius 2 is 1.67 bits per heavy atom. The first kappa shape index (κ1) is 23.9. The van der Waals surface area contributed by atoms with Gasteiger partial charge in [-0.1, -0.05) is 60.7 Å². The SMILES string of the molecule is Cc1ccccc1/C=C/C1=NN(c2nc(-c3cccs3)cc(C(F)(F)F)n2)[C@H](c2ccccc2C)C1. The molecule has 1 aliphatic rings. The quantitative estimate of drug-likeness (QED) is 0.278. The molecule has 0 bridgehead atoms. The van der Waals surface area contributed by atoms with Gasteiger partial charge in [-0.3, -0.25) is 0 Å². The highest BCUT2D eigenvalue weighted by atomic mass is 32.1. The molecule has 0 saturated carbocycles. The van der Waals surface area contributed by atoms with E-state index in [9.17, 15) is 13.2 Å².